The Bertz CT molecular complexity index is 1300. The molecule has 3 aromatic rings. The Balaban J connectivity index is 1.41. The Morgan fingerprint density at radius 1 is 1.20 bits per heavy atom. The van der Waals surface area contributed by atoms with Gasteiger partial charge in [-0.3, -0.25) is 9.59 Å². The number of aromatic amines is 1. The summed E-state index contributed by atoms with van der Waals surface area (Å²) in [6.45, 7) is 1.44. The molecular weight excluding hydrogens is 482 g/mol. The molecule has 2 aliphatic heterocycles. The van der Waals surface area contributed by atoms with E-state index in [-0.39, 0.29) is 11.7 Å². The molecule has 8 nitrogen and oxygen atoms in total. The lowest BCUT2D eigenvalue weighted by molar-refractivity contribution is -0.0964. The Kier molecular flexibility index (Phi) is 5.65. The third-order valence-corrected chi connectivity index (χ3v) is 6.04. The van der Waals surface area contributed by atoms with Crippen LogP contribution in [0.3, 0.4) is 0 Å². The molecule has 11 heteroatoms. The average Bonchev–Trinajstić information content (AvgIpc) is 3.30. The number of hydrogen-bond donors (Lipinski definition) is 3. The van der Waals surface area contributed by atoms with Gasteiger partial charge in [0, 0.05) is 72.0 Å². The number of H-pyrrole nitrogens is 1. The molecule has 0 unspecified atom stereocenters. The monoisotopic (exact) mass is 502 g/mol. The van der Waals surface area contributed by atoms with Crippen LogP contribution in [0.5, 0.6) is 5.75 Å². The largest absolute Gasteiger partial charge is 0.487 e. The maximum atomic E-state index is 13.0. The number of β-amino-alcohol motifs (C(OH)–C–C–N with tert-alkyl or cyclic N) is 1. The lowest BCUT2D eigenvalue weighted by atomic mass is 10.0. The van der Waals surface area contributed by atoms with Crippen LogP contribution in [-0.4, -0.2) is 58.6 Å². The maximum Gasteiger partial charge on any atom is 0.487 e. The summed E-state index contributed by atoms with van der Waals surface area (Å²) in [6.07, 6.45) is -0.416. The van der Waals surface area contributed by atoms with Crippen molar-refractivity contribution in [2.24, 2.45) is 0 Å². The normalized spacial score (nSPS) is 15.7. The van der Waals surface area contributed by atoms with Crippen molar-refractivity contribution in [1.82, 2.24) is 9.88 Å². The first kappa shape index (κ1) is 23.1. The molecule has 3 heterocycles. The van der Waals surface area contributed by atoms with Crippen molar-refractivity contribution < 1.29 is 28.2 Å². The second kappa shape index (κ2) is 8.54. The van der Waals surface area contributed by atoms with Gasteiger partial charge in [-0.15, -0.1) is 8.78 Å². The van der Waals surface area contributed by atoms with E-state index in [1.54, 1.807) is 30.1 Å². The van der Waals surface area contributed by atoms with Gasteiger partial charge in [0.2, 0.25) is 0 Å². The van der Waals surface area contributed by atoms with Crippen molar-refractivity contribution in [3.63, 3.8) is 0 Å². The van der Waals surface area contributed by atoms with Crippen LogP contribution in [0, 0.1) is 0 Å². The summed E-state index contributed by atoms with van der Waals surface area (Å²) in [5.74, 6) is -0.653. The number of rotatable bonds is 6. The van der Waals surface area contributed by atoms with Crippen molar-refractivity contribution in [3.8, 4) is 17.0 Å². The first-order valence-electron chi connectivity index (χ1n) is 10.8. The number of fused-ring (bicyclic) bond motifs is 1. The van der Waals surface area contributed by atoms with Gasteiger partial charge in [0.15, 0.2) is 0 Å². The zero-order chi connectivity index (χ0) is 24.9. The van der Waals surface area contributed by atoms with E-state index in [2.05, 4.69) is 15.0 Å². The van der Waals surface area contributed by atoms with Crippen LogP contribution in [0.15, 0.2) is 48.5 Å². The quantitative estimate of drug-likeness (QED) is 0.445. The van der Waals surface area contributed by atoms with Crippen LogP contribution in [0.1, 0.15) is 26.4 Å². The molecular formula is C24H21ClF2N4O4. The van der Waals surface area contributed by atoms with Crippen molar-refractivity contribution in [1.29, 1.82) is 0 Å². The number of halogens is 3. The van der Waals surface area contributed by atoms with Crippen molar-refractivity contribution in [2.45, 2.75) is 18.2 Å². The molecule has 182 valence electrons. The second-order valence-electron chi connectivity index (χ2n) is 8.56. The van der Waals surface area contributed by atoms with E-state index in [4.69, 9.17) is 11.6 Å². The second-order valence-corrected chi connectivity index (χ2v) is 9.00. The number of nitrogens with one attached hydrogen (secondary N) is 2. The molecule has 1 fully saturated rings. The van der Waals surface area contributed by atoms with E-state index < -0.39 is 17.6 Å². The Hall–Kier alpha value is -3.63. The molecule has 0 spiro atoms. The fraction of sp³-hybridized carbons (Fsp3) is 0.250. The van der Waals surface area contributed by atoms with Crippen LogP contribution < -0.4 is 15.0 Å². The third-order valence-electron chi connectivity index (χ3n) is 5.97. The first-order valence-corrected chi connectivity index (χ1v) is 11.2. The number of aromatic nitrogens is 1. The summed E-state index contributed by atoms with van der Waals surface area (Å²) in [6, 6.07) is 12.5. The number of carbonyl (C=O) groups excluding carboxylic acids is 2. The molecule has 0 bridgehead atoms. The molecule has 1 saturated heterocycles. The van der Waals surface area contributed by atoms with Crippen LogP contribution in [0.4, 0.5) is 20.2 Å². The van der Waals surface area contributed by atoms with Crippen molar-refractivity contribution >= 4 is 34.8 Å². The summed E-state index contributed by atoms with van der Waals surface area (Å²) in [5, 5.41) is 12.5. The van der Waals surface area contributed by atoms with Crippen LogP contribution in [0.2, 0.25) is 0 Å². The smallest absolute Gasteiger partial charge is 0.420 e. The number of aliphatic hydroxyl groups is 1. The number of amides is 2. The molecule has 3 N–H and O–H groups in total. The zero-order valence-corrected chi connectivity index (χ0v) is 19.3. The van der Waals surface area contributed by atoms with Gasteiger partial charge in [0.25, 0.3) is 11.8 Å². The Labute approximate surface area is 204 Å². The Morgan fingerprint density at radius 3 is 2.54 bits per heavy atom. The Morgan fingerprint density at radius 2 is 1.91 bits per heavy atom. The fourth-order valence-electron chi connectivity index (χ4n) is 4.24. The average molecular weight is 503 g/mol. The predicted octanol–water partition coefficient (Wildman–Crippen LogP) is 3.87. The lowest BCUT2D eigenvalue weighted by Gasteiger charge is -2.39. The highest BCUT2D eigenvalue weighted by molar-refractivity contribution is 6.20. The van der Waals surface area contributed by atoms with Gasteiger partial charge in [-0.1, -0.05) is 0 Å². The van der Waals surface area contributed by atoms with Crippen molar-refractivity contribution in [2.75, 3.05) is 30.4 Å². The molecule has 2 amide bonds. The number of ether oxygens (including phenoxy) is 1. The van der Waals surface area contributed by atoms with E-state index >= 15 is 0 Å². The number of hydrogen-bond acceptors (Lipinski definition) is 5. The summed E-state index contributed by atoms with van der Waals surface area (Å²) >= 11 is 4.77. The minimum atomic E-state index is -3.83. The number of aliphatic hydroxyl groups excluding tert-OH is 1. The summed E-state index contributed by atoms with van der Waals surface area (Å²) in [7, 11) is 1.73. The van der Waals surface area contributed by atoms with Gasteiger partial charge in [-0.05, 0) is 48.5 Å². The highest BCUT2D eigenvalue weighted by atomic mass is 35.5. The minimum Gasteiger partial charge on any atom is -0.420 e. The van der Waals surface area contributed by atoms with E-state index in [1.165, 1.54) is 24.3 Å². The maximum absolute atomic E-state index is 13.0. The molecule has 2 aromatic carbocycles. The molecule has 0 aliphatic carbocycles. The van der Waals surface area contributed by atoms with Crippen LogP contribution >= 0.6 is 11.6 Å². The van der Waals surface area contributed by atoms with Crippen LogP contribution in [0.25, 0.3) is 11.3 Å². The summed E-state index contributed by atoms with van der Waals surface area (Å²) in [5.41, 5.74) is 0.566. The molecule has 1 aromatic heterocycles. The molecule has 0 radical (unpaired) electrons. The number of carbonyl (C=O) groups is 2. The van der Waals surface area contributed by atoms with Gasteiger partial charge < -0.3 is 29.9 Å². The predicted molar refractivity (Wildman–Crippen MR) is 126 cm³/mol. The molecule has 35 heavy (non-hydrogen) atoms. The van der Waals surface area contributed by atoms with Gasteiger partial charge in [0.1, 0.15) is 11.4 Å². The molecule has 2 aliphatic rings. The standard InChI is InChI=1S/C24H21ClF2N4O4/c1-30-10-14-9-19(29-21(14)23(30)34)18-8-13(2-7-20(18)31-11-16(32)12-31)22(33)28-15-3-5-17(6-4-15)35-24(25,26)27/h2-9,16,29,32H,10-12H2,1H3,(H,28,33). The minimum absolute atomic E-state index is 0.0968. The fourth-order valence-corrected chi connectivity index (χ4v) is 4.33. The molecule has 0 saturated carbocycles. The van der Waals surface area contributed by atoms with Gasteiger partial charge in [-0.2, -0.15) is 0 Å². The lowest BCUT2D eigenvalue weighted by Crippen LogP contribution is -2.51. The number of benzene rings is 2. The number of alkyl halides is 3. The van der Waals surface area contributed by atoms with Gasteiger partial charge in [0.05, 0.1) is 6.10 Å². The third kappa shape index (κ3) is 4.67. The van der Waals surface area contributed by atoms with Crippen LogP contribution in [-0.2, 0) is 6.54 Å². The highest BCUT2D eigenvalue weighted by Crippen LogP contribution is 2.36. The summed E-state index contributed by atoms with van der Waals surface area (Å²) in [4.78, 5) is 32.1. The SMILES string of the molecule is CN1Cc2cc(-c3cc(C(=O)Nc4ccc(OC(F)(F)Cl)cc4)ccc3N3CC(O)C3)[nH]c2C1=O. The number of anilines is 2. The molecule has 0 atom stereocenters. The number of nitrogens with zero attached hydrogens (tertiary/aromatic N) is 2. The van der Waals surface area contributed by atoms with Gasteiger partial charge >= 0.3 is 5.57 Å². The van der Waals surface area contributed by atoms with E-state index in [0.29, 0.717) is 42.3 Å². The van der Waals surface area contributed by atoms with E-state index in [1.807, 2.05) is 11.0 Å². The van der Waals surface area contributed by atoms with Crippen molar-refractivity contribution in [3.05, 3.63) is 65.4 Å². The van der Waals surface area contributed by atoms with E-state index in [9.17, 15) is 23.5 Å². The van der Waals surface area contributed by atoms with Gasteiger partial charge in [-0.25, -0.2) is 0 Å². The first-order chi connectivity index (χ1) is 16.6. The summed E-state index contributed by atoms with van der Waals surface area (Å²) < 4.78 is 29.8. The molecule has 5 rings (SSSR count). The topological polar surface area (TPSA) is 97.9 Å². The van der Waals surface area contributed by atoms with E-state index in [0.717, 1.165) is 16.8 Å². The zero-order valence-electron chi connectivity index (χ0n) is 18.5. The highest BCUT2D eigenvalue weighted by Gasteiger charge is 2.31.